The van der Waals surface area contributed by atoms with Gasteiger partial charge in [0.05, 0.1) is 34.4 Å². The second kappa shape index (κ2) is 29.6. The topological polar surface area (TPSA) is 94.1 Å². The van der Waals surface area contributed by atoms with Crippen LogP contribution in [-0.2, 0) is 27.9 Å². The van der Waals surface area contributed by atoms with Gasteiger partial charge in [0.2, 0.25) is 0 Å². The molecule has 0 aliphatic carbocycles. The number of allylic oxidation sites excluding steroid dienone is 2. The molecule has 0 heterocycles. The summed E-state index contributed by atoms with van der Waals surface area (Å²) in [6.45, 7) is 5.36. The monoisotopic (exact) mass is 647 g/mol. The minimum Gasteiger partial charge on any atom is -0.756 e. The van der Waals surface area contributed by atoms with E-state index in [0.717, 1.165) is 44.9 Å². The summed E-state index contributed by atoms with van der Waals surface area (Å²) in [5.74, 6) is -0.345. The molecular formula is C35H70NO7P. The lowest BCUT2D eigenvalue weighted by Gasteiger charge is -2.28. The number of rotatable bonds is 33. The van der Waals surface area contributed by atoms with Gasteiger partial charge in [-0.1, -0.05) is 116 Å². The highest BCUT2D eigenvalue weighted by Crippen LogP contribution is 2.38. The Morgan fingerprint density at radius 2 is 1.18 bits per heavy atom. The van der Waals surface area contributed by atoms with Gasteiger partial charge in [-0.3, -0.25) is 9.36 Å². The van der Waals surface area contributed by atoms with Crippen molar-refractivity contribution in [1.82, 2.24) is 0 Å². The van der Waals surface area contributed by atoms with Gasteiger partial charge in [-0.15, -0.1) is 0 Å². The summed E-state index contributed by atoms with van der Waals surface area (Å²) in [5, 5.41) is 0. The normalized spacial score (nSPS) is 14.2. The lowest BCUT2D eigenvalue weighted by molar-refractivity contribution is -0.870. The maximum atomic E-state index is 12.5. The standard InChI is InChI=1S/C35H70NO7P/c1-6-8-10-12-14-16-17-18-19-20-21-22-24-26-28-35(37)43-34(32-40-30-27-25-23-15-13-11-9-7-2)33-42-44(38,39)41-31-29-36(3,4)5/h17-18,34H,6-16,19-33H2,1-5H3/b18-17-. The number of carbonyl (C=O) groups excluding carboxylic acids is 1. The molecule has 0 fully saturated rings. The molecule has 0 saturated carbocycles. The minimum atomic E-state index is -4.51. The molecule has 2 atom stereocenters. The van der Waals surface area contributed by atoms with E-state index in [4.69, 9.17) is 18.5 Å². The Kier molecular flexibility index (Phi) is 29.1. The highest BCUT2D eigenvalue weighted by molar-refractivity contribution is 7.45. The maximum Gasteiger partial charge on any atom is 0.306 e. The molecule has 0 amide bonds. The fraction of sp³-hybridized carbons (Fsp3) is 0.914. The Bertz CT molecular complexity index is 726. The molecule has 8 nitrogen and oxygen atoms in total. The summed E-state index contributed by atoms with van der Waals surface area (Å²) in [6.07, 6.45) is 27.9. The van der Waals surface area contributed by atoms with Crippen LogP contribution in [0.15, 0.2) is 12.2 Å². The molecule has 0 rings (SSSR count). The molecule has 0 aliphatic heterocycles. The van der Waals surface area contributed by atoms with Crippen LogP contribution in [-0.4, -0.2) is 70.7 Å². The SMILES string of the molecule is CCCCCCC/C=C\CCCCCCCC(=O)OC(COCCCCCCCCCC)COP(=O)([O-])OCC[N+](C)(C)C. The van der Waals surface area contributed by atoms with Crippen LogP contribution >= 0.6 is 7.82 Å². The first-order valence-electron chi connectivity index (χ1n) is 17.9. The number of nitrogens with zero attached hydrogens (tertiary/aromatic N) is 1. The van der Waals surface area contributed by atoms with Gasteiger partial charge in [-0.25, -0.2) is 0 Å². The van der Waals surface area contributed by atoms with E-state index >= 15 is 0 Å². The van der Waals surface area contributed by atoms with Crippen molar-refractivity contribution in [2.45, 2.75) is 155 Å². The van der Waals surface area contributed by atoms with Gasteiger partial charge in [-0.05, 0) is 38.5 Å². The average Bonchev–Trinajstić information content (AvgIpc) is 2.96. The maximum absolute atomic E-state index is 12.5. The molecule has 0 aromatic heterocycles. The van der Waals surface area contributed by atoms with Crippen molar-refractivity contribution in [3.63, 3.8) is 0 Å². The predicted octanol–water partition coefficient (Wildman–Crippen LogP) is 8.91. The van der Waals surface area contributed by atoms with E-state index in [1.54, 1.807) is 0 Å². The van der Waals surface area contributed by atoms with E-state index in [1.807, 2.05) is 21.1 Å². The van der Waals surface area contributed by atoms with Crippen molar-refractivity contribution in [2.75, 3.05) is 54.1 Å². The fourth-order valence-electron chi connectivity index (χ4n) is 4.72. The van der Waals surface area contributed by atoms with Crippen molar-refractivity contribution in [3.8, 4) is 0 Å². The molecule has 0 aromatic carbocycles. The Labute approximate surface area is 271 Å². The Morgan fingerprint density at radius 1 is 0.682 bits per heavy atom. The highest BCUT2D eigenvalue weighted by atomic mass is 31.2. The molecule has 0 aromatic rings. The van der Waals surface area contributed by atoms with Crippen LogP contribution in [0.2, 0.25) is 0 Å². The largest absolute Gasteiger partial charge is 0.756 e. The number of unbranched alkanes of at least 4 members (excludes halogenated alkanes) is 17. The molecule has 0 radical (unpaired) electrons. The van der Waals surface area contributed by atoms with Gasteiger partial charge in [0.25, 0.3) is 7.82 Å². The van der Waals surface area contributed by atoms with Crippen molar-refractivity contribution >= 4 is 13.8 Å². The number of ether oxygens (including phenoxy) is 2. The van der Waals surface area contributed by atoms with Crippen molar-refractivity contribution in [1.29, 1.82) is 0 Å². The number of hydrogen-bond acceptors (Lipinski definition) is 7. The zero-order valence-electron chi connectivity index (χ0n) is 29.4. The first-order valence-corrected chi connectivity index (χ1v) is 19.4. The van der Waals surface area contributed by atoms with E-state index < -0.39 is 13.9 Å². The molecular weight excluding hydrogens is 577 g/mol. The number of likely N-dealkylation sites (N-methyl/N-ethyl adjacent to an activating group) is 1. The van der Waals surface area contributed by atoms with Crippen molar-refractivity contribution in [3.05, 3.63) is 12.2 Å². The third-order valence-electron chi connectivity index (χ3n) is 7.57. The van der Waals surface area contributed by atoms with Gasteiger partial charge in [0.15, 0.2) is 0 Å². The molecule has 0 bridgehead atoms. The number of phosphoric ester groups is 1. The Balaban J connectivity index is 4.31. The Morgan fingerprint density at radius 3 is 1.73 bits per heavy atom. The lowest BCUT2D eigenvalue weighted by atomic mass is 10.1. The first kappa shape index (κ1) is 43.2. The van der Waals surface area contributed by atoms with Crippen LogP contribution in [0.25, 0.3) is 0 Å². The zero-order valence-corrected chi connectivity index (χ0v) is 30.3. The molecule has 262 valence electrons. The first-order chi connectivity index (χ1) is 21.1. The highest BCUT2D eigenvalue weighted by Gasteiger charge is 2.20. The fourth-order valence-corrected chi connectivity index (χ4v) is 5.44. The van der Waals surface area contributed by atoms with Crippen LogP contribution < -0.4 is 4.89 Å². The Hall–Kier alpha value is -0.760. The van der Waals surface area contributed by atoms with Crippen molar-refractivity contribution < 1.29 is 37.3 Å². The quantitative estimate of drug-likeness (QED) is 0.0231. The minimum absolute atomic E-state index is 0.0269. The second-order valence-corrected chi connectivity index (χ2v) is 14.6. The van der Waals surface area contributed by atoms with E-state index in [-0.39, 0.29) is 25.8 Å². The number of quaternary nitrogens is 1. The summed E-state index contributed by atoms with van der Waals surface area (Å²) >= 11 is 0. The van der Waals surface area contributed by atoms with Gasteiger partial charge in [0, 0.05) is 13.0 Å². The van der Waals surface area contributed by atoms with Crippen LogP contribution in [0.5, 0.6) is 0 Å². The third kappa shape index (κ3) is 32.6. The summed E-state index contributed by atoms with van der Waals surface area (Å²) < 4.78 is 34.3. The molecule has 44 heavy (non-hydrogen) atoms. The summed E-state index contributed by atoms with van der Waals surface area (Å²) in [4.78, 5) is 24.8. The van der Waals surface area contributed by atoms with Crippen molar-refractivity contribution in [2.24, 2.45) is 0 Å². The summed E-state index contributed by atoms with van der Waals surface area (Å²) in [7, 11) is 1.35. The summed E-state index contributed by atoms with van der Waals surface area (Å²) in [5.41, 5.74) is 0. The smallest absolute Gasteiger partial charge is 0.306 e. The van der Waals surface area contributed by atoms with Gasteiger partial charge in [-0.2, -0.15) is 0 Å². The van der Waals surface area contributed by atoms with Crippen LogP contribution in [0.1, 0.15) is 149 Å². The number of phosphoric acid groups is 1. The zero-order chi connectivity index (χ0) is 32.8. The molecule has 2 unspecified atom stereocenters. The van der Waals surface area contributed by atoms with E-state index in [9.17, 15) is 14.3 Å². The average molecular weight is 648 g/mol. The predicted molar refractivity (Wildman–Crippen MR) is 181 cm³/mol. The lowest BCUT2D eigenvalue weighted by Crippen LogP contribution is -2.37. The van der Waals surface area contributed by atoms with E-state index in [0.29, 0.717) is 24.1 Å². The van der Waals surface area contributed by atoms with Crippen LogP contribution in [0.3, 0.4) is 0 Å². The summed E-state index contributed by atoms with van der Waals surface area (Å²) in [6, 6.07) is 0. The van der Waals surface area contributed by atoms with Crippen LogP contribution in [0, 0.1) is 0 Å². The number of hydrogen-bond donors (Lipinski definition) is 0. The van der Waals surface area contributed by atoms with E-state index in [1.165, 1.54) is 83.5 Å². The van der Waals surface area contributed by atoms with Gasteiger partial charge in [0.1, 0.15) is 19.3 Å². The number of carbonyl (C=O) groups is 1. The molecule has 0 aliphatic rings. The second-order valence-electron chi connectivity index (χ2n) is 13.2. The van der Waals surface area contributed by atoms with E-state index in [2.05, 4.69) is 26.0 Å². The molecule has 0 N–H and O–H groups in total. The third-order valence-corrected chi connectivity index (χ3v) is 8.53. The molecule has 9 heteroatoms. The molecule has 0 saturated heterocycles. The van der Waals surface area contributed by atoms with Gasteiger partial charge >= 0.3 is 5.97 Å². The molecule has 0 spiro atoms. The van der Waals surface area contributed by atoms with Crippen LogP contribution in [0.4, 0.5) is 0 Å². The number of esters is 1. The van der Waals surface area contributed by atoms with Gasteiger partial charge < -0.3 is 27.9 Å².